The standard InChI is InChI=1S/Al.2Na.H2O4S.3H/c;;;1-5(2,3)4;;;/h;;;(H2,1,2,3,4);;;/q;2*+1;;;;/p-2. The van der Waals surface area contributed by atoms with Gasteiger partial charge in [-0.05, 0) is 0 Å². The van der Waals surface area contributed by atoms with Crippen molar-refractivity contribution in [1.29, 1.82) is 0 Å². The smallest absolute Gasteiger partial charge is 0.759 e. The maximum absolute atomic E-state index is 8.52. The first kappa shape index (κ1) is 22.4. The third kappa shape index (κ3) is 79.8. The third-order valence-corrected chi connectivity index (χ3v) is 0. The summed E-state index contributed by atoms with van der Waals surface area (Å²) in [6, 6.07) is 0. The molecule has 0 rings (SSSR count). The molecule has 0 atom stereocenters. The monoisotopic (exact) mass is 172 g/mol. The molecule has 0 spiro atoms. The number of hydrogen-bond acceptors (Lipinski definition) is 4. The summed E-state index contributed by atoms with van der Waals surface area (Å²) in [5, 5.41) is 0. The van der Waals surface area contributed by atoms with Gasteiger partial charge in [0.2, 0.25) is 0 Å². The Morgan fingerprint density at radius 2 is 1.00 bits per heavy atom. The fraction of sp³-hybridized carbons (Fsp3) is 0. The fourth-order valence-electron chi connectivity index (χ4n) is 0. The van der Waals surface area contributed by atoms with Crippen LogP contribution in [0.2, 0.25) is 0 Å². The first-order valence-electron chi connectivity index (χ1n) is 0.667. The summed E-state index contributed by atoms with van der Waals surface area (Å²) < 4.78 is 34.1. The maximum Gasteiger partial charge on any atom is 1.00 e. The van der Waals surface area contributed by atoms with E-state index in [2.05, 4.69) is 0 Å². The Morgan fingerprint density at radius 1 is 1.00 bits per heavy atom. The van der Waals surface area contributed by atoms with Gasteiger partial charge in [-0.1, -0.05) is 0 Å². The average molecular weight is 172 g/mol. The van der Waals surface area contributed by atoms with Gasteiger partial charge in [0.1, 0.15) is 0 Å². The molecule has 4 nitrogen and oxygen atoms in total. The molecule has 0 aliphatic rings. The van der Waals surface area contributed by atoms with Crippen LogP contribution in [0.4, 0.5) is 0 Å². The van der Waals surface area contributed by atoms with Crippen LogP contribution in [0.25, 0.3) is 0 Å². The van der Waals surface area contributed by atoms with Crippen LogP contribution in [0.1, 0.15) is 0 Å². The van der Waals surface area contributed by atoms with Gasteiger partial charge in [-0.3, -0.25) is 8.42 Å². The zero-order chi connectivity index (χ0) is 4.50. The fourth-order valence-corrected chi connectivity index (χ4v) is 0. The van der Waals surface area contributed by atoms with Crippen molar-refractivity contribution in [3.63, 3.8) is 0 Å². The van der Waals surface area contributed by atoms with Gasteiger partial charge in [0, 0.05) is 10.4 Å². The summed E-state index contributed by atoms with van der Waals surface area (Å²) in [5.74, 6) is 0. The molecular weight excluding hydrogens is 169 g/mol. The zero-order valence-electron chi connectivity index (χ0n) is 4.04. The van der Waals surface area contributed by atoms with Crippen LogP contribution in [-0.2, 0) is 10.4 Å². The molecule has 0 fully saturated rings. The van der Waals surface area contributed by atoms with Gasteiger partial charge in [-0.25, -0.2) is 0 Å². The summed E-state index contributed by atoms with van der Waals surface area (Å²) in [6.07, 6.45) is 0. The molecule has 0 saturated carbocycles. The van der Waals surface area contributed by atoms with E-state index in [1.165, 1.54) is 0 Å². The average Bonchev–Trinajstić information content (AvgIpc) is 0.722. The van der Waals surface area contributed by atoms with E-state index in [0.717, 1.165) is 0 Å². The van der Waals surface area contributed by atoms with Gasteiger partial charge < -0.3 is 9.11 Å². The van der Waals surface area contributed by atoms with Crippen molar-refractivity contribution >= 4 is 27.8 Å². The summed E-state index contributed by atoms with van der Waals surface area (Å²) in [5.41, 5.74) is 0. The largest absolute Gasteiger partial charge is 1.00 e. The van der Waals surface area contributed by atoms with Gasteiger partial charge in [0.15, 0.2) is 17.4 Å². The molecule has 38 valence electrons. The predicted molar refractivity (Wildman–Crippen MR) is 20.4 cm³/mol. The van der Waals surface area contributed by atoms with Crippen molar-refractivity contribution in [2.45, 2.75) is 0 Å². The van der Waals surface area contributed by atoms with Crippen LogP contribution in [0.15, 0.2) is 0 Å². The summed E-state index contributed by atoms with van der Waals surface area (Å²) in [6.45, 7) is 0. The van der Waals surface area contributed by atoms with E-state index in [-0.39, 0.29) is 76.5 Å². The van der Waals surface area contributed by atoms with Crippen LogP contribution >= 0.6 is 0 Å². The Labute approximate surface area is 103 Å². The van der Waals surface area contributed by atoms with Gasteiger partial charge in [0.05, 0.1) is 0 Å². The van der Waals surface area contributed by atoms with E-state index >= 15 is 0 Å². The molecular formula is H3AlNa2O4S. The van der Waals surface area contributed by atoms with E-state index < -0.39 is 10.4 Å². The van der Waals surface area contributed by atoms with Crippen molar-refractivity contribution < 1.29 is 76.6 Å². The van der Waals surface area contributed by atoms with Crippen molar-refractivity contribution in [2.75, 3.05) is 0 Å². The molecule has 0 unspecified atom stereocenters. The molecule has 0 bridgehead atoms. The van der Waals surface area contributed by atoms with Crippen LogP contribution in [0.5, 0.6) is 0 Å². The van der Waals surface area contributed by atoms with E-state index in [4.69, 9.17) is 17.5 Å². The summed E-state index contributed by atoms with van der Waals surface area (Å²) in [7, 11) is -5.17. The minimum absolute atomic E-state index is 0. The summed E-state index contributed by atoms with van der Waals surface area (Å²) >= 11 is 0. The second-order valence-electron chi connectivity index (χ2n) is 0.408. The molecule has 0 N–H and O–H groups in total. The predicted octanol–water partition coefficient (Wildman–Crippen LogP) is -8.51. The molecule has 0 aromatic carbocycles. The zero-order valence-corrected chi connectivity index (χ0v) is 8.86. The normalized spacial score (nSPS) is 7.25. The van der Waals surface area contributed by atoms with E-state index in [0.29, 0.717) is 0 Å². The van der Waals surface area contributed by atoms with Crippen LogP contribution in [0, 0.1) is 0 Å². The third-order valence-electron chi connectivity index (χ3n) is 0. The number of hydrogen-bond donors (Lipinski definition) is 0. The van der Waals surface area contributed by atoms with Gasteiger partial charge >= 0.3 is 59.1 Å². The first-order chi connectivity index (χ1) is 2.00. The molecule has 0 amide bonds. The maximum atomic E-state index is 8.52. The van der Waals surface area contributed by atoms with Gasteiger partial charge in [0.25, 0.3) is 0 Å². The van der Waals surface area contributed by atoms with E-state index in [9.17, 15) is 0 Å². The second-order valence-corrected chi connectivity index (χ2v) is 1.22. The molecule has 0 saturated heterocycles. The minimum atomic E-state index is -5.17. The molecule has 0 heterocycles. The molecule has 8 heteroatoms. The summed E-state index contributed by atoms with van der Waals surface area (Å²) in [4.78, 5) is 0. The Kier molecular flexibility index (Phi) is 26.4. The quantitative estimate of drug-likeness (QED) is 0.206. The minimum Gasteiger partial charge on any atom is -0.759 e. The van der Waals surface area contributed by atoms with Gasteiger partial charge in [-0.2, -0.15) is 0 Å². The molecule has 0 aromatic heterocycles. The van der Waals surface area contributed by atoms with Crippen molar-refractivity contribution in [2.24, 2.45) is 0 Å². The van der Waals surface area contributed by atoms with Gasteiger partial charge in [-0.15, -0.1) is 0 Å². The van der Waals surface area contributed by atoms with Crippen molar-refractivity contribution in [3.8, 4) is 0 Å². The Balaban J connectivity index is -0.0000000267. The molecule has 0 radical (unpaired) electrons. The topological polar surface area (TPSA) is 80.3 Å². The Hall–Kier alpha value is 2.40. The Morgan fingerprint density at radius 3 is 1.00 bits per heavy atom. The molecule has 0 aromatic rings. The number of rotatable bonds is 0. The molecule has 0 aliphatic carbocycles. The van der Waals surface area contributed by atoms with E-state index in [1.807, 2.05) is 0 Å². The van der Waals surface area contributed by atoms with Crippen LogP contribution < -0.4 is 59.1 Å². The van der Waals surface area contributed by atoms with Crippen molar-refractivity contribution in [3.05, 3.63) is 0 Å². The first-order valence-corrected chi connectivity index (χ1v) is 2.00. The van der Waals surface area contributed by atoms with Crippen LogP contribution in [0.3, 0.4) is 0 Å². The van der Waals surface area contributed by atoms with E-state index in [1.54, 1.807) is 0 Å². The SMILES string of the molecule is O=S(=O)([O-])[O-].[AlH3].[Na+].[Na+]. The molecule has 0 aliphatic heterocycles. The second kappa shape index (κ2) is 9.40. The Bertz CT molecular complexity index is 97.2. The molecule has 8 heavy (non-hydrogen) atoms. The van der Waals surface area contributed by atoms with Crippen LogP contribution in [-0.4, -0.2) is 34.9 Å². The van der Waals surface area contributed by atoms with Crippen molar-refractivity contribution in [1.82, 2.24) is 0 Å².